The van der Waals surface area contributed by atoms with E-state index in [1.54, 1.807) is 32.0 Å². The fourth-order valence-electron chi connectivity index (χ4n) is 3.35. The van der Waals surface area contributed by atoms with Crippen LogP contribution in [0.3, 0.4) is 0 Å². The van der Waals surface area contributed by atoms with Crippen molar-refractivity contribution >= 4 is 35.1 Å². The molecule has 1 aliphatic rings. The van der Waals surface area contributed by atoms with Crippen LogP contribution in [0.4, 0.5) is 11.6 Å². The van der Waals surface area contributed by atoms with Gasteiger partial charge in [0.2, 0.25) is 11.8 Å². The fraction of sp³-hybridized carbons (Fsp3) is 0.333. The molecule has 1 aliphatic heterocycles. The van der Waals surface area contributed by atoms with Crippen molar-refractivity contribution in [1.82, 2.24) is 0 Å². The van der Waals surface area contributed by atoms with Gasteiger partial charge in [0, 0.05) is 17.7 Å². The van der Waals surface area contributed by atoms with Gasteiger partial charge >= 0.3 is 5.97 Å². The molecule has 0 radical (unpaired) electrons. The van der Waals surface area contributed by atoms with Crippen LogP contribution < -0.4 is 10.6 Å². The van der Waals surface area contributed by atoms with Gasteiger partial charge in [0.25, 0.3) is 5.91 Å². The molecule has 0 bridgehead atoms. The first kappa shape index (κ1) is 20.3. The predicted octanol–water partition coefficient (Wildman–Crippen LogP) is 3.49. The molecule has 2 N–H and O–H groups in total. The van der Waals surface area contributed by atoms with Gasteiger partial charge in [0.05, 0.1) is 12.2 Å². The Balaban J connectivity index is 1.92. The van der Waals surface area contributed by atoms with Crippen molar-refractivity contribution in [3.8, 4) is 0 Å². The summed E-state index contributed by atoms with van der Waals surface area (Å²) in [6.45, 7) is 4.61. The van der Waals surface area contributed by atoms with E-state index >= 15 is 0 Å². The fourth-order valence-corrected chi connectivity index (χ4v) is 3.35. The molecule has 0 atom stereocenters. The van der Waals surface area contributed by atoms with Gasteiger partial charge in [-0.3, -0.25) is 19.7 Å². The standard InChI is InChI=1S/C21H22N2O6/c1-4-28-21(27)18-17(11(2)24)12(3)29-20(18)23-19(26)14-8-9-15-13(10-14)6-5-7-16(25)22-15/h8-10H,4-7H2,1-3H3,(H,22,25)(H,23,26). The maximum Gasteiger partial charge on any atom is 0.344 e. The number of anilines is 2. The van der Waals surface area contributed by atoms with Crippen molar-refractivity contribution in [3.63, 3.8) is 0 Å². The molecule has 29 heavy (non-hydrogen) atoms. The number of carbonyl (C=O) groups excluding carboxylic acids is 4. The predicted molar refractivity (Wildman–Crippen MR) is 105 cm³/mol. The molecule has 0 fully saturated rings. The monoisotopic (exact) mass is 398 g/mol. The number of fused-ring (bicyclic) bond motifs is 1. The molecular weight excluding hydrogens is 376 g/mol. The van der Waals surface area contributed by atoms with Gasteiger partial charge in [0.15, 0.2) is 5.78 Å². The van der Waals surface area contributed by atoms with Crippen LogP contribution in [0, 0.1) is 6.92 Å². The van der Waals surface area contributed by atoms with Gasteiger partial charge in [-0.1, -0.05) is 0 Å². The summed E-state index contributed by atoms with van der Waals surface area (Å²) in [4.78, 5) is 48.8. The third-order valence-electron chi connectivity index (χ3n) is 4.63. The number of furan rings is 1. The SMILES string of the molecule is CCOC(=O)c1c(NC(=O)c2ccc3c(c2)CCCC(=O)N3)oc(C)c1C(C)=O. The molecule has 2 heterocycles. The second-order valence-corrected chi connectivity index (χ2v) is 6.74. The zero-order valence-electron chi connectivity index (χ0n) is 16.5. The summed E-state index contributed by atoms with van der Waals surface area (Å²) < 4.78 is 10.5. The molecule has 0 saturated heterocycles. The van der Waals surface area contributed by atoms with Crippen LogP contribution in [0.2, 0.25) is 0 Å². The molecular formula is C21H22N2O6. The van der Waals surface area contributed by atoms with E-state index < -0.39 is 11.9 Å². The second-order valence-electron chi connectivity index (χ2n) is 6.74. The van der Waals surface area contributed by atoms with E-state index in [1.165, 1.54) is 6.92 Å². The number of hydrogen-bond donors (Lipinski definition) is 2. The zero-order chi connectivity index (χ0) is 21.1. The summed E-state index contributed by atoms with van der Waals surface area (Å²) in [7, 11) is 0. The lowest BCUT2D eigenvalue weighted by Crippen LogP contribution is -2.17. The van der Waals surface area contributed by atoms with Crippen molar-refractivity contribution in [2.45, 2.75) is 40.0 Å². The maximum atomic E-state index is 12.8. The van der Waals surface area contributed by atoms with Gasteiger partial charge in [-0.15, -0.1) is 0 Å². The quantitative estimate of drug-likeness (QED) is 0.588. The molecule has 0 spiro atoms. The largest absolute Gasteiger partial charge is 0.462 e. The van der Waals surface area contributed by atoms with Crippen molar-refractivity contribution in [2.75, 3.05) is 17.2 Å². The number of Topliss-reactive ketones (excluding diaryl/α,β-unsaturated/α-hetero) is 1. The molecule has 152 valence electrons. The first-order valence-electron chi connectivity index (χ1n) is 9.37. The van der Waals surface area contributed by atoms with Crippen molar-refractivity contribution in [2.24, 2.45) is 0 Å². The average Bonchev–Trinajstić information content (AvgIpc) is 2.86. The van der Waals surface area contributed by atoms with E-state index in [-0.39, 0.29) is 41.1 Å². The molecule has 3 rings (SSSR count). The average molecular weight is 398 g/mol. The van der Waals surface area contributed by atoms with Crippen LogP contribution in [-0.2, 0) is 16.0 Å². The summed E-state index contributed by atoms with van der Waals surface area (Å²) in [5.41, 5.74) is 1.88. The number of rotatable bonds is 5. The van der Waals surface area contributed by atoms with Crippen molar-refractivity contribution in [1.29, 1.82) is 0 Å². The van der Waals surface area contributed by atoms with Crippen LogP contribution in [-0.4, -0.2) is 30.2 Å². The third-order valence-corrected chi connectivity index (χ3v) is 4.63. The Bertz CT molecular complexity index is 1000. The van der Waals surface area contributed by atoms with Crippen LogP contribution in [0.25, 0.3) is 0 Å². The topological polar surface area (TPSA) is 115 Å². The van der Waals surface area contributed by atoms with Crippen molar-refractivity contribution in [3.05, 3.63) is 46.2 Å². The molecule has 0 aliphatic carbocycles. The van der Waals surface area contributed by atoms with Gasteiger partial charge in [-0.05, 0) is 57.4 Å². The number of amides is 2. The summed E-state index contributed by atoms with van der Waals surface area (Å²) >= 11 is 0. The maximum absolute atomic E-state index is 12.8. The molecule has 2 amide bonds. The van der Waals surface area contributed by atoms with E-state index in [2.05, 4.69) is 10.6 Å². The number of carbonyl (C=O) groups is 4. The highest BCUT2D eigenvalue weighted by Gasteiger charge is 2.29. The highest BCUT2D eigenvalue weighted by atomic mass is 16.5. The highest BCUT2D eigenvalue weighted by molar-refractivity contribution is 6.12. The first-order chi connectivity index (χ1) is 13.8. The minimum atomic E-state index is -0.741. The number of esters is 1. The summed E-state index contributed by atoms with van der Waals surface area (Å²) in [5, 5.41) is 5.38. The van der Waals surface area contributed by atoms with Gasteiger partial charge in [-0.2, -0.15) is 0 Å². The van der Waals surface area contributed by atoms with Gasteiger partial charge in [0.1, 0.15) is 11.3 Å². The molecule has 1 aromatic carbocycles. The minimum Gasteiger partial charge on any atom is -0.462 e. The normalized spacial score (nSPS) is 13.1. The highest BCUT2D eigenvalue weighted by Crippen LogP contribution is 2.30. The molecule has 8 nitrogen and oxygen atoms in total. The molecule has 0 saturated carbocycles. The Hall–Kier alpha value is -3.42. The Morgan fingerprint density at radius 1 is 1.21 bits per heavy atom. The number of aryl methyl sites for hydroxylation is 2. The van der Waals surface area contributed by atoms with Crippen LogP contribution >= 0.6 is 0 Å². The molecule has 8 heteroatoms. The van der Waals surface area contributed by atoms with Crippen LogP contribution in [0.15, 0.2) is 22.6 Å². The number of nitrogens with one attached hydrogen (secondary N) is 2. The number of ketones is 1. The summed E-state index contributed by atoms with van der Waals surface area (Å²) in [6, 6.07) is 4.95. The molecule has 0 unspecified atom stereocenters. The lowest BCUT2D eigenvalue weighted by molar-refractivity contribution is -0.116. The minimum absolute atomic E-state index is 0.0529. The van der Waals surface area contributed by atoms with Gasteiger partial charge in [-0.25, -0.2) is 4.79 Å². The number of benzene rings is 1. The van der Waals surface area contributed by atoms with E-state index in [9.17, 15) is 19.2 Å². The summed E-state index contributed by atoms with van der Waals surface area (Å²) in [6.07, 6.45) is 1.78. The second kappa shape index (κ2) is 8.30. The third kappa shape index (κ3) is 4.21. The van der Waals surface area contributed by atoms with Crippen LogP contribution in [0.5, 0.6) is 0 Å². The number of hydrogen-bond acceptors (Lipinski definition) is 6. The van der Waals surface area contributed by atoms with Crippen molar-refractivity contribution < 1.29 is 28.3 Å². The van der Waals surface area contributed by atoms with E-state index in [0.717, 1.165) is 5.56 Å². The summed E-state index contributed by atoms with van der Waals surface area (Å²) in [5.74, 6) is -1.56. The lowest BCUT2D eigenvalue weighted by atomic mass is 10.0. The van der Waals surface area contributed by atoms with E-state index in [1.807, 2.05) is 0 Å². The van der Waals surface area contributed by atoms with Crippen LogP contribution in [0.1, 0.15) is 69.1 Å². The van der Waals surface area contributed by atoms with E-state index in [4.69, 9.17) is 9.15 Å². The smallest absolute Gasteiger partial charge is 0.344 e. The van der Waals surface area contributed by atoms with Gasteiger partial charge < -0.3 is 14.5 Å². The first-order valence-corrected chi connectivity index (χ1v) is 9.37. The van der Waals surface area contributed by atoms with E-state index in [0.29, 0.717) is 30.5 Å². The number of ether oxygens (including phenoxy) is 1. The lowest BCUT2D eigenvalue weighted by Gasteiger charge is -2.10. The Labute approximate surface area is 167 Å². The zero-order valence-corrected chi connectivity index (χ0v) is 16.5. The Morgan fingerprint density at radius 3 is 2.66 bits per heavy atom. The Kier molecular flexibility index (Phi) is 5.81. The molecule has 2 aromatic rings. The molecule has 1 aromatic heterocycles. The Morgan fingerprint density at radius 2 is 1.97 bits per heavy atom.